The van der Waals surface area contributed by atoms with Gasteiger partial charge in [0.05, 0.1) is 11.2 Å². The Morgan fingerprint density at radius 2 is 1.84 bits per heavy atom. The van der Waals surface area contributed by atoms with Crippen LogP contribution in [0.4, 0.5) is 0 Å². The zero-order valence-electron chi connectivity index (χ0n) is 10.4. The Labute approximate surface area is 116 Å². The van der Waals surface area contributed by atoms with Gasteiger partial charge in [0.2, 0.25) is 0 Å². The van der Waals surface area contributed by atoms with Crippen LogP contribution in [0.3, 0.4) is 0 Å². The van der Waals surface area contributed by atoms with Crippen molar-refractivity contribution in [2.24, 2.45) is 0 Å². The molecule has 0 N–H and O–H groups in total. The third-order valence-electron chi connectivity index (χ3n) is 3.19. The number of pyridine rings is 1. The number of benzene rings is 1. The molecule has 0 unspecified atom stereocenters. The van der Waals surface area contributed by atoms with E-state index in [-0.39, 0.29) is 5.78 Å². The molecule has 0 aliphatic rings. The first kappa shape index (κ1) is 12.0. The molecule has 94 valence electrons. The summed E-state index contributed by atoms with van der Waals surface area (Å²) >= 11 is 5.91. The first-order chi connectivity index (χ1) is 9.16. The van der Waals surface area contributed by atoms with E-state index in [0.29, 0.717) is 10.7 Å². The molecular formula is C16H12ClNO. The summed E-state index contributed by atoms with van der Waals surface area (Å²) in [7, 11) is 0. The van der Waals surface area contributed by atoms with E-state index >= 15 is 0 Å². The fraction of sp³-hybridized carbons (Fsp3) is 0.0625. The molecule has 3 aromatic rings. The maximum atomic E-state index is 11.7. The molecule has 0 radical (unpaired) electrons. The fourth-order valence-corrected chi connectivity index (χ4v) is 2.41. The molecule has 0 fully saturated rings. The van der Waals surface area contributed by atoms with Crippen LogP contribution < -0.4 is 0 Å². The van der Waals surface area contributed by atoms with Crippen LogP contribution in [0.5, 0.6) is 0 Å². The number of hydrogen-bond donors (Lipinski definition) is 0. The molecule has 0 atom stereocenters. The number of ketones is 1. The van der Waals surface area contributed by atoms with E-state index in [2.05, 4.69) is 0 Å². The van der Waals surface area contributed by atoms with Crippen LogP contribution in [0.1, 0.15) is 17.4 Å². The highest BCUT2D eigenvalue weighted by Crippen LogP contribution is 2.29. The van der Waals surface area contributed by atoms with Crippen LogP contribution in [0.25, 0.3) is 16.6 Å². The third-order valence-corrected chi connectivity index (χ3v) is 3.44. The van der Waals surface area contributed by atoms with E-state index in [1.165, 1.54) is 0 Å². The van der Waals surface area contributed by atoms with E-state index in [9.17, 15) is 4.79 Å². The number of rotatable bonds is 2. The third kappa shape index (κ3) is 2.04. The van der Waals surface area contributed by atoms with E-state index in [4.69, 9.17) is 11.6 Å². The minimum absolute atomic E-state index is 0.0569. The zero-order valence-corrected chi connectivity index (χ0v) is 11.2. The largest absolute Gasteiger partial charge is 0.313 e. The quantitative estimate of drug-likeness (QED) is 0.629. The lowest BCUT2D eigenvalue weighted by molar-refractivity contribution is 0.101. The van der Waals surface area contributed by atoms with E-state index in [1.54, 1.807) is 6.92 Å². The lowest BCUT2D eigenvalue weighted by atomic mass is 10.1. The topological polar surface area (TPSA) is 21.5 Å². The summed E-state index contributed by atoms with van der Waals surface area (Å²) in [6.07, 6.45) is 1.91. The number of nitrogens with zero attached hydrogens (tertiary/aromatic N) is 1. The summed E-state index contributed by atoms with van der Waals surface area (Å²) in [6, 6.07) is 15.5. The first-order valence-corrected chi connectivity index (χ1v) is 6.41. The van der Waals surface area contributed by atoms with E-state index < -0.39 is 0 Å². The molecule has 0 spiro atoms. The van der Waals surface area contributed by atoms with Gasteiger partial charge in [0.1, 0.15) is 0 Å². The Kier molecular flexibility index (Phi) is 2.88. The summed E-state index contributed by atoms with van der Waals surface area (Å²) in [5.74, 6) is 0.0569. The second kappa shape index (κ2) is 4.56. The average Bonchev–Trinajstić information content (AvgIpc) is 2.79. The molecule has 3 rings (SSSR count). The molecule has 0 aliphatic heterocycles. The van der Waals surface area contributed by atoms with Gasteiger partial charge in [-0.3, -0.25) is 4.79 Å². The maximum Gasteiger partial charge on any atom is 0.176 e. The van der Waals surface area contributed by atoms with Crippen molar-refractivity contribution in [3.63, 3.8) is 0 Å². The van der Waals surface area contributed by atoms with Gasteiger partial charge in [-0.15, -0.1) is 0 Å². The Morgan fingerprint density at radius 3 is 2.53 bits per heavy atom. The molecular weight excluding hydrogens is 258 g/mol. The summed E-state index contributed by atoms with van der Waals surface area (Å²) < 4.78 is 1.92. The van der Waals surface area contributed by atoms with Crippen LogP contribution >= 0.6 is 11.6 Å². The lowest BCUT2D eigenvalue weighted by Gasteiger charge is -2.01. The second-order valence-electron chi connectivity index (χ2n) is 4.46. The molecule has 0 bridgehead atoms. The zero-order chi connectivity index (χ0) is 13.4. The number of carbonyl (C=O) groups is 1. The Morgan fingerprint density at radius 1 is 1.11 bits per heavy atom. The van der Waals surface area contributed by atoms with Crippen molar-refractivity contribution in [2.45, 2.75) is 6.92 Å². The summed E-state index contributed by atoms with van der Waals surface area (Å²) in [6.45, 7) is 1.58. The molecule has 0 amide bonds. The normalized spacial score (nSPS) is 10.8. The smallest absolute Gasteiger partial charge is 0.176 e. The van der Waals surface area contributed by atoms with Crippen molar-refractivity contribution in [1.82, 2.24) is 4.40 Å². The SMILES string of the molecule is CC(=O)c1cc(-c2ccc(Cl)cc2)c2ccccn12. The van der Waals surface area contributed by atoms with E-state index in [1.807, 2.05) is 59.1 Å². The minimum atomic E-state index is 0.0569. The standard InChI is InChI=1S/C16H12ClNO/c1-11(19)16-10-14(12-5-7-13(17)8-6-12)15-4-2-3-9-18(15)16/h2-10H,1H3. The van der Waals surface area contributed by atoms with Crippen molar-refractivity contribution in [2.75, 3.05) is 0 Å². The summed E-state index contributed by atoms with van der Waals surface area (Å²) in [5, 5.41) is 0.707. The Bertz CT molecular complexity index is 756. The molecule has 19 heavy (non-hydrogen) atoms. The minimum Gasteiger partial charge on any atom is -0.313 e. The van der Waals surface area contributed by atoms with Gasteiger partial charge in [0.25, 0.3) is 0 Å². The summed E-state index contributed by atoms with van der Waals surface area (Å²) in [4.78, 5) is 11.7. The lowest BCUT2D eigenvalue weighted by Crippen LogP contribution is -1.96. The molecule has 2 aromatic heterocycles. The first-order valence-electron chi connectivity index (χ1n) is 6.04. The average molecular weight is 270 g/mol. The monoisotopic (exact) mass is 269 g/mol. The fourth-order valence-electron chi connectivity index (χ4n) is 2.28. The number of halogens is 1. The van der Waals surface area contributed by atoms with Gasteiger partial charge in [-0.05, 0) is 35.9 Å². The number of hydrogen-bond acceptors (Lipinski definition) is 1. The van der Waals surface area contributed by atoms with Crippen LogP contribution in [-0.4, -0.2) is 10.2 Å². The van der Waals surface area contributed by atoms with Crippen LogP contribution in [0.15, 0.2) is 54.7 Å². The number of fused-ring (bicyclic) bond motifs is 1. The maximum absolute atomic E-state index is 11.7. The van der Waals surface area contributed by atoms with Crippen LogP contribution in [0.2, 0.25) is 5.02 Å². The second-order valence-corrected chi connectivity index (χ2v) is 4.90. The molecule has 1 aromatic carbocycles. The molecule has 2 nitrogen and oxygen atoms in total. The highest BCUT2D eigenvalue weighted by Gasteiger charge is 2.12. The Hall–Kier alpha value is -2.06. The van der Waals surface area contributed by atoms with Gasteiger partial charge < -0.3 is 4.40 Å². The van der Waals surface area contributed by atoms with Crippen molar-refractivity contribution in [3.8, 4) is 11.1 Å². The molecule has 0 aliphatic carbocycles. The van der Waals surface area contributed by atoms with Crippen molar-refractivity contribution in [3.05, 3.63) is 65.4 Å². The highest BCUT2D eigenvalue weighted by atomic mass is 35.5. The van der Waals surface area contributed by atoms with Crippen LogP contribution in [0, 0.1) is 0 Å². The number of carbonyl (C=O) groups excluding carboxylic acids is 1. The molecule has 0 saturated carbocycles. The molecule has 0 saturated heterocycles. The van der Waals surface area contributed by atoms with Gasteiger partial charge in [-0.25, -0.2) is 0 Å². The van der Waals surface area contributed by atoms with Gasteiger partial charge in [-0.1, -0.05) is 29.8 Å². The van der Waals surface area contributed by atoms with Crippen molar-refractivity contribution < 1.29 is 4.79 Å². The van der Waals surface area contributed by atoms with E-state index in [0.717, 1.165) is 16.6 Å². The molecule has 3 heteroatoms. The van der Waals surface area contributed by atoms with Gasteiger partial charge in [0.15, 0.2) is 5.78 Å². The van der Waals surface area contributed by atoms with Gasteiger partial charge >= 0.3 is 0 Å². The van der Waals surface area contributed by atoms with Crippen LogP contribution in [-0.2, 0) is 0 Å². The van der Waals surface area contributed by atoms with Gasteiger partial charge in [-0.2, -0.15) is 0 Å². The summed E-state index contributed by atoms with van der Waals surface area (Å²) in [5.41, 5.74) is 3.82. The Balaban J connectivity index is 2.29. The van der Waals surface area contributed by atoms with Crippen molar-refractivity contribution in [1.29, 1.82) is 0 Å². The highest BCUT2D eigenvalue weighted by molar-refractivity contribution is 6.30. The van der Waals surface area contributed by atoms with Gasteiger partial charge in [0, 0.05) is 23.7 Å². The predicted octanol–water partition coefficient (Wildman–Crippen LogP) is 4.46. The number of Topliss-reactive ketones (excluding diaryl/α,β-unsaturated/α-hetero) is 1. The van der Waals surface area contributed by atoms with Crippen molar-refractivity contribution >= 4 is 22.9 Å². The predicted molar refractivity (Wildman–Crippen MR) is 77.8 cm³/mol. The number of aromatic nitrogens is 1. The molecule has 2 heterocycles.